The second kappa shape index (κ2) is 8.45. The third-order valence-corrected chi connectivity index (χ3v) is 4.69. The van der Waals surface area contributed by atoms with E-state index in [1.165, 1.54) is 11.8 Å². The topological polar surface area (TPSA) is 102 Å². The fourth-order valence-electron chi connectivity index (χ4n) is 2.40. The van der Waals surface area contributed by atoms with Crippen LogP contribution in [0.5, 0.6) is 0 Å². The van der Waals surface area contributed by atoms with E-state index in [9.17, 15) is 9.59 Å². The summed E-state index contributed by atoms with van der Waals surface area (Å²) < 4.78 is 1.62. The van der Waals surface area contributed by atoms with Gasteiger partial charge in [-0.2, -0.15) is 4.68 Å². The molecule has 0 aliphatic carbocycles. The number of anilines is 1. The summed E-state index contributed by atoms with van der Waals surface area (Å²) in [6, 6.07) is 14.4. The van der Waals surface area contributed by atoms with E-state index in [-0.39, 0.29) is 17.6 Å². The first kappa shape index (κ1) is 18.6. The number of nitrogens with one attached hydrogen (secondary N) is 2. The number of carbonyl (C=O) groups excluding carboxylic acids is 2. The highest BCUT2D eigenvalue weighted by Crippen LogP contribution is 2.20. The van der Waals surface area contributed by atoms with Crippen LogP contribution < -0.4 is 10.6 Å². The number of thioether (sulfide) groups is 1. The summed E-state index contributed by atoms with van der Waals surface area (Å²) in [4.78, 5) is 23.7. The van der Waals surface area contributed by atoms with Crippen LogP contribution in [0.3, 0.4) is 0 Å². The van der Waals surface area contributed by atoms with Crippen molar-refractivity contribution in [1.82, 2.24) is 25.5 Å². The molecule has 2 amide bonds. The van der Waals surface area contributed by atoms with Crippen LogP contribution >= 0.6 is 11.8 Å². The predicted molar refractivity (Wildman–Crippen MR) is 103 cm³/mol. The van der Waals surface area contributed by atoms with E-state index in [0.29, 0.717) is 16.4 Å². The second-order valence-electron chi connectivity index (χ2n) is 5.65. The molecule has 1 aromatic heterocycles. The van der Waals surface area contributed by atoms with Gasteiger partial charge in [0.25, 0.3) is 5.91 Å². The predicted octanol–water partition coefficient (Wildman–Crippen LogP) is 2.06. The minimum absolute atomic E-state index is 0.156. The summed E-state index contributed by atoms with van der Waals surface area (Å²) in [6.07, 6.45) is 0. The Morgan fingerprint density at radius 2 is 1.85 bits per heavy atom. The number of hydrogen-bond donors (Lipinski definition) is 2. The van der Waals surface area contributed by atoms with Gasteiger partial charge in [0.2, 0.25) is 11.1 Å². The maximum atomic E-state index is 12.2. The lowest BCUT2D eigenvalue weighted by Crippen LogP contribution is -2.18. The number of hydrogen-bond acceptors (Lipinski definition) is 6. The fourth-order valence-corrected chi connectivity index (χ4v) is 3.08. The molecule has 0 spiro atoms. The molecule has 1 heterocycles. The molecule has 0 aliphatic rings. The van der Waals surface area contributed by atoms with Gasteiger partial charge in [0.15, 0.2) is 0 Å². The molecule has 2 aromatic carbocycles. The zero-order chi connectivity index (χ0) is 19.2. The quantitative estimate of drug-likeness (QED) is 0.633. The zero-order valence-corrected chi connectivity index (χ0v) is 15.7. The third-order valence-electron chi connectivity index (χ3n) is 3.77. The Hall–Kier alpha value is -3.20. The molecular weight excluding hydrogens is 364 g/mol. The van der Waals surface area contributed by atoms with Gasteiger partial charge in [0, 0.05) is 18.3 Å². The largest absolute Gasteiger partial charge is 0.355 e. The summed E-state index contributed by atoms with van der Waals surface area (Å²) in [6.45, 7) is 1.97. The van der Waals surface area contributed by atoms with Crippen LogP contribution in [0, 0.1) is 6.92 Å². The summed E-state index contributed by atoms with van der Waals surface area (Å²) in [5, 5.41) is 17.6. The number of para-hydroxylation sites is 1. The lowest BCUT2D eigenvalue weighted by Gasteiger charge is -2.08. The first-order valence-corrected chi connectivity index (χ1v) is 9.16. The van der Waals surface area contributed by atoms with Crippen molar-refractivity contribution in [2.45, 2.75) is 12.1 Å². The molecule has 0 aliphatic heterocycles. The van der Waals surface area contributed by atoms with Gasteiger partial charge in [-0.1, -0.05) is 30.0 Å². The molecule has 3 aromatic rings. The minimum atomic E-state index is -0.188. The van der Waals surface area contributed by atoms with Gasteiger partial charge in [0.1, 0.15) is 0 Å². The van der Waals surface area contributed by atoms with E-state index in [1.807, 2.05) is 31.2 Å². The lowest BCUT2D eigenvalue weighted by atomic mass is 10.2. The molecular formula is C18H18N6O2S. The molecule has 0 saturated heterocycles. The molecule has 0 unspecified atom stereocenters. The second-order valence-corrected chi connectivity index (χ2v) is 6.60. The van der Waals surface area contributed by atoms with E-state index in [4.69, 9.17) is 0 Å². The van der Waals surface area contributed by atoms with Gasteiger partial charge >= 0.3 is 0 Å². The number of amides is 2. The highest BCUT2D eigenvalue weighted by Gasteiger charge is 2.13. The van der Waals surface area contributed by atoms with Gasteiger partial charge in [-0.3, -0.25) is 9.59 Å². The Morgan fingerprint density at radius 3 is 2.56 bits per heavy atom. The van der Waals surface area contributed by atoms with Crippen LogP contribution in [0.2, 0.25) is 0 Å². The van der Waals surface area contributed by atoms with Crippen molar-refractivity contribution in [1.29, 1.82) is 0 Å². The van der Waals surface area contributed by atoms with Gasteiger partial charge in [-0.05, 0) is 53.2 Å². The molecule has 0 bridgehead atoms. The summed E-state index contributed by atoms with van der Waals surface area (Å²) in [5.41, 5.74) is 3.05. The Balaban J connectivity index is 1.61. The fraction of sp³-hybridized carbons (Fsp3) is 0.167. The monoisotopic (exact) mass is 382 g/mol. The number of tetrazole rings is 1. The highest BCUT2D eigenvalue weighted by molar-refractivity contribution is 7.99. The minimum Gasteiger partial charge on any atom is -0.355 e. The van der Waals surface area contributed by atoms with Gasteiger partial charge in [0.05, 0.1) is 11.4 Å². The maximum absolute atomic E-state index is 12.2. The van der Waals surface area contributed by atoms with E-state index in [1.54, 1.807) is 36.0 Å². The van der Waals surface area contributed by atoms with E-state index in [0.717, 1.165) is 11.3 Å². The van der Waals surface area contributed by atoms with Crippen molar-refractivity contribution < 1.29 is 9.59 Å². The van der Waals surface area contributed by atoms with Crippen LogP contribution in [0.15, 0.2) is 53.7 Å². The molecule has 27 heavy (non-hydrogen) atoms. The van der Waals surface area contributed by atoms with Crippen molar-refractivity contribution in [3.05, 3.63) is 59.7 Å². The smallest absolute Gasteiger partial charge is 0.251 e. The van der Waals surface area contributed by atoms with Crippen LogP contribution in [0.1, 0.15) is 15.9 Å². The number of carbonyl (C=O) groups is 2. The zero-order valence-electron chi connectivity index (χ0n) is 14.8. The highest BCUT2D eigenvalue weighted by atomic mass is 32.2. The van der Waals surface area contributed by atoms with Gasteiger partial charge in [-0.15, -0.1) is 5.10 Å². The van der Waals surface area contributed by atoms with Crippen LogP contribution in [-0.2, 0) is 4.79 Å². The average Bonchev–Trinajstić information content (AvgIpc) is 3.15. The van der Waals surface area contributed by atoms with Crippen molar-refractivity contribution in [2.75, 3.05) is 18.1 Å². The van der Waals surface area contributed by atoms with Crippen molar-refractivity contribution in [3.63, 3.8) is 0 Å². The van der Waals surface area contributed by atoms with Gasteiger partial charge < -0.3 is 10.6 Å². The number of aromatic nitrogens is 4. The molecule has 138 valence electrons. The lowest BCUT2D eigenvalue weighted by molar-refractivity contribution is -0.113. The number of nitrogens with zero attached hydrogens (tertiary/aromatic N) is 4. The molecule has 9 heteroatoms. The summed E-state index contributed by atoms with van der Waals surface area (Å²) in [5.74, 6) is -0.206. The van der Waals surface area contributed by atoms with Crippen LogP contribution in [0.25, 0.3) is 5.69 Å². The first-order chi connectivity index (χ1) is 13.1. The molecule has 0 atom stereocenters. The molecule has 2 N–H and O–H groups in total. The van der Waals surface area contributed by atoms with Crippen molar-refractivity contribution >= 4 is 29.3 Å². The molecule has 3 rings (SSSR count). The van der Waals surface area contributed by atoms with Crippen molar-refractivity contribution in [3.8, 4) is 5.69 Å². The summed E-state index contributed by atoms with van der Waals surface area (Å²) in [7, 11) is 1.57. The van der Waals surface area contributed by atoms with Gasteiger partial charge in [-0.25, -0.2) is 0 Å². The standard InChI is InChI=1S/C18H18N6O2S/c1-12-5-3-4-6-15(12)24-18(21-22-23-24)27-11-16(25)20-14-9-7-13(8-10-14)17(26)19-2/h3-10H,11H2,1-2H3,(H,19,26)(H,20,25). The van der Waals surface area contributed by atoms with E-state index < -0.39 is 0 Å². The van der Waals surface area contributed by atoms with E-state index in [2.05, 4.69) is 26.2 Å². The SMILES string of the molecule is CNC(=O)c1ccc(NC(=O)CSc2nnnn2-c2ccccc2C)cc1. The Kier molecular flexibility index (Phi) is 5.82. The van der Waals surface area contributed by atoms with Crippen LogP contribution in [-0.4, -0.2) is 44.8 Å². The average molecular weight is 382 g/mol. The summed E-state index contributed by atoms with van der Waals surface area (Å²) >= 11 is 1.25. The maximum Gasteiger partial charge on any atom is 0.251 e. The molecule has 0 saturated carbocycles. The molecule has 8 nitrogen and oxygen atoms in total. The Labute approximate surface area is 160 Å². The van der Waals surface area contributed by atoms with E-state index >= 15 is 0 Å². The van der Waals surface area contributed by atoms with Crippen molar-refractivity contribution in [2.24, 2.45) is 0 Å². The molecule has 0 fully saturated rings. The first-order valence-electron chi connectivity index (χ1n) is 8.17. The number of aryl methyl sites for hydroxylation is 1. The Morgan fingerprint density at radius 1 is 1.11 bits per heavy atom. The number of rotatable bonds is 6. The third kappa shape index (κ3) is 4.50. The number of benzene rings is 2. The molecule has 0 radical (unpaired) electrons. The normalized spacial score (nSPS) is 10.4. The Bertz CT molecular complexity index is 954. The van der Waals surface area contributed by atoms with Crippen LogP contribution in [0.4, 0.5) is 5.69 Å².